The average molecular weight is 339 g/mol. The van der Waals surface area contributed by atoms with Crippen molar-refractivity contribution in [1.29, 1.82) is 0 Å². The third kappa shape index (κ3) is 4.12. The van der Waals surface area contributed by atoms with Gasteiger partial charge < -0.3 is 4.90 Å². The highest BCUT2D eigenvalue weighted by Gasteiger charge is 2.26. The molecule has 1 amide bonds. The molecule has 0 aliphatic carbocycles. The fraction of sp³-hybridized carbons (Fsp3) is 0.524. The Morgan fingerprint density at radius 1 is 1.20 bits per heavy atom. The monoisotopic (exact) mass is 339 g/mol. The predicted molar refractivity (Wildman–Crippen MR) is 101 cm³/mol. The maximum absolute atomic E-state index is 12.9. The summed E-state index contributed by atoms with van der Waals surface area (Å²) in [6.07, 6.45) is 5.81. The molecule has 0 radical (unpaired) electrons. The van der Waals surface area contributed by atoms with Gasteiger partial charge >= 0.3 is 0 Å². The number of aryl methyl sites for hydroxylation is 2. The minimum atomic E-state index is 0.295. The highest BCUT2D eigenvalue weighted by molar-refractivity contribution is 5.77. The van der Waals surface area contributed by atoms with E-state index in [2.05, 4.69) is 41.2 Å². The number of benzene rings is 1. The van der Waals surface area contributed by atoms with Crippen molar-refractivity contribution in [1.82, 2.24) is 14.7 Å². The molecule has 1 atom stereocenters. The van der Waals surface area contributed by atoms with Crippen molar-refractivity contribution < 1.29 is 4.79 Å². The number of aromatic nitrogens is 2. The molecule has 1 aliphatic rings. The minimum Gasteiger partial charge on any atom is -0.339 e. The number of hydrogen-bond acceptors (Lipinski definition) is 2. The minimum absolute atomic E-state index is 0.295. The average Bonchev–Trinajstić information content (AvgIpc) is 2.86. The number of nitrogens with zero attached hydrogens (tertiary/aromatic N) is 3. The normalized spacial score (nSPS) is 17.7. The van der Waals surface area contributed by atoms with E-state index >= 15 is 0 Å². The van der Waals surface area contributed by atoms with Gasteiger partial charge in [0.2, 0.25) is 5.91 Å². The Kier molecular flexibility index (Phi) is 5.57. The Balaban J connectivity index is 1.64. The summed E-state index contributed by atoms with van der Waals surface area (Å²) < 4.78 is 1.91. The van der Waals surface area contributed by atoms with Crippen molar-refractivity contribution in [3.63, 3.8) is 0 Å². The van der Waals surface area contributed by atoms with Crippen LogP contribution >= 0.6 is 0 Å². The van der Waals surface area contributed by atoms with Gasteiger partial charge in [-0.1, -0.05) is 30.3 Å². The Morgan fingerprint density at radius 2 is 1.96 bits per heavy atom. The van der Waals surface area contributed by atoms with E-state index < -0.39 is 0 Å². The molecular weight excluding hydrogens is 310 g/mol. The van der Waals surface area contributed by atoms with Crippen molar-refractivity contribution in [3.05, 3.63) is 52.8 Å². The second-order valence-corrected chi connectivity index (χ2v) is 7.20. The molecule has 3 rings (SSSR count). The number of carbonyl (C=O) groups excluding carboxylic acids is 1. The number of piperidine rings is 1. The van der Waals surface area contributed by atoms with Crippen LogP contribution in [0.25, 0.3) is 0 Å². The quantitative estimate of drug-likeness (QED) is 0.835. The molecule has 1 fully saturated rings. The van der Waals surface area contributed by atoms with Crippen molar-refractivity contribution in [2.75, 3.05) is 6.54 Å². The molecule has 0 saturated carbocycles. The lowest BCUT2D eigenvalue weighted by molar-refractivity contribution is -0.134. The van der Waals surface area contributed by atoms with E-state index in [4.69, 9.17) is 0 Å². The molecular formula is C21H29N3O. The van der Waals surface area contributed by atoms with Gasteiger partial charge in [-0.15, -0.1) is 0 Å². The number of amides is 1. The lowest BCUT2D eigenvalue weighted by Crippen LogP contribution is -2.45. The van der Waals surface area contributed by atoms with Gasteiger partial charge in [0.15, 0.2) is 0 Å². The highest BCUT2D eigenvalue weighted by atomic mass is 16.2. The van der Waals surface area contributed by atoms with E-state index in [1.807, 2.05) is 24.7 Å². The van der Waals surface area contributed by atoms with E-state index in [-0.39, 0.29) is 0 Å². The highest BCUT2D eigenvalue weighted by Crippen LogP contribution is 2.23. The lowest BCUT2D eigenvalue weighted by Gasteiger charge is -2.36. The standard InChI is InChI=1S/C21H29N3O/c1-16-20(17(2)23(3)22-16)12-13-21(25)24-14-8-7-11-19(24)15-18-9-5-4-6-10-18/h4-6,9-10,19H,7-8,11-15H2,1-3H3/t19-/m1/s1. The van der Waals surface area contributed by atoms with E-state index in [9.17, 15) is 4.79 Å². The maximum atomic E-state index is 12.9. The molecule has 25 heavy (non-hydrogen) atoms. The number of carbonyl (C=O) groups is 1. The van der Waals surface area contributed by atoms with Crippen LogP contribution in [-0.2, 0) is 24.7 Å². The van der Waals surface area contributed by atoms with Gasteiger partial charge in [-0.2, -0.15) is 5.10 Å². The summed E-state index contributed by atoms with van der Waals surface area (Å²) in [4.78, 5) is 15.0. The summed E-state index contributed by atoms with van der Waals surface area (Å²) in [6, 6.07) is 10.9. The Labute approximate surface area is 150 Å². The first-order valence-electron chi connectivity index (χ1n) is 9.38. The van der Waals surface area contributed by atoms with Gasteiger partial charge in [0.05, 0.1) is 5.69 Å². The first kappa shape index (κ1) is 17.7. The van der Waals surface area contributed by atoms with Gasteiger partial charge in [-0.25, -0.2) is 0 Å². The van der Waals surface area contributed by atoms with E-state index in [0.717, 1.165) is 37.9 Å². The topological polar surface area (TPSA) is 38.1 Å². The fourth-order valence-corrected chi connectivity index (χ4v) is 3.98. The summed E-state index contributed by atoms with van der Waals surface area (Å²) in [7, 11) is 1.97. The zero-order valence-electron chi connectivity index (χ0n) is 15.7. The molecule has 1 aromatic heterocycles. The van der Waals surface area contributed by atoms with Crippen LogP contribution in [0.15, 0.2) is 30.3 Å². The predicted octanol–water partition coefficient (Wildman–Crippen LogP) is 3.59. The van der Waals surface area contributed by atoms with Crippen molar-refractivity contribution in [2.45, 2.75) is 58.4 Å². The van der Waals surface area contributed by atoms with Crippen molar-refractivity contribution in [2.24, 2.45) is 7.05 Å². The van der Waals surface area contributed by atoms with Crippen LogP contribution in [-0.4, -0.2) is 33.2 Å². The SMILES string of the molecule is Cc1nn(C)c(C)c1CCC(=O)N1CCCC[C@@H]1Cc1ccccc1. The zero-order valence-corrected chi connectivity index (χ0v) is 15.7. The fourth-order valence-electron chi connectivity index (χ4n) is 3.98. The van der Waals surface area contributed by atoms with E-state index in [1.54, 1.807) is 0 Å². The van der Waals surface area contributed by atoms with E-state index in [1.165, 1.54) is 23.2 Å². The Bertz CT molecular complexity index is 720. The van der Waals surface area contributed by atoms with Crippen LogP contribution < -0.4 is 0 Å². The largest absolute Gasteiger partial charge is 0.339 e. The molecule has 0 unspecified atom stereocenters. The molecule has 1 aromatic carbocycles. The zero-order chi connectivity index (χ0) is 17.8. The number of rotatable bonds is 5. The third-order valence-corrected chi connectivity index (χ3v) is 5.51. The van der Waals surface area contributed by atoms with Crippen LogP contribution in [0.1, 0.15) is 48.2 Å². The van der Waals surface area contributed by atoms with Gasteiger partial charge in [0.1, 0.15) is 0 Å². The molecule has 2 heterocycles. The third-order valence-electron chi connectivity index (χ3n) is 5.51. The van der Waals surface area contributed by atoms with Crippen LogP contribution in [0, 0.1) is 13.8 Å². The first-order chi connectivity index (χ1) is 12.1. The molecule has 134 valence electrons. The van der Waals surface area contributed by atoms with Gasteiger partial charge in [0.25, 0.3) is 0 Å². The summed E-state index contributed by atoms with van der Waals surface area (Å²) in [5.74, 6) is 0.295. The van der Waals surface area contributed by atoms with Crippen LogP contribution in [0.5, 0.6) is 0 Å². The van der Waals surface area contributed by atoms with E-state index in [0.29, 0.717) is 18.4 Å². The molecule has 2 aromatic rings. The first-order valence-corrected chi connectivity index (χ1v) is 9.38. The Hall–Kier alpha value is -2.10. The van der Waals surface area contributed by atoms with Crippen molar-refractivity contribution >= 4 is 5.91 Å². The molecule has 0 spiro atoms. The molecule has 1 aliphatic heterocycles. The lowest BCUT2D eigenvalue weighted by atomic mass is 9.95. The molecule has 0 bridgehead atoms. The number of hydrogen-bond donors (Lipinski definition) is 0. The smallest absolute Gasteiger partial charge is 0.223 e. The summed E-state index contributed by atoms with van der Waals surface area (Å²) >= 11 is 0. The van der Waals surface area contributed by atoms with Crippen LogP contribution in [0.3, 0.4) is 0 Å². The molecule has 1 saturated heterocycles. The summed E-state index contributed by atoms with van der Waals surface area (Å²) in [6.45, 7) is 5.02. The second kappa shape index (κ2) is 7.85. The van der Waals surface area contributed by atoms with Gasteiger partial charge in [-0.3, -0.25) is 9.48 Å². The molecule has 4 nitrogen and oxygen atoms in total. The molecule has 0 N–H and O–H groups in total. The van der Waals surface area contributed by atoms with Gasteiger partial charge in [-0.05, 0) is 57.1 Å². The summed E-state index contributed by atoms with van der Waals surface area (Å²) in [5.41, 5.74) is 4.77. The van der Waals surface area contributed by atoms with Crippen LogP contribution in [0.4, 0.5) is 0 Å². The summed E-state index contributed by atoms with van der Waals surface area (Å²) in [5, 5.41) is 4.46. The Morgan fingerprint density at radius 3 is 2.64 bits per heavy atom. The van der Waals surface area contributed by atoms with Crippen LogP contribution in [0.2, 0.25) is 0 Å². The second-order valence-electron chi connectivity index (χ2n) is 7.20. The number of likely N-dealkylation sites (tertiary alicyclic amines) is 1. The van der Waals surface area contributed by atoms with Gasteiger partial charge in [0, 0.05) is 31.7 Å². The van der Waals surface area contributed by atoms with Crippen molar-refractivity contribution in [3.8, 4) is 0 Å². The molecule has 4 heteroatoms. The maximum Gasteiger partial charge on any atom is 0.223 e.